The number of carbonyl (C=O) groups is 1. The molecular formula is C26H21ClO7. The van der Waals surface area contributed by atoms with E-state index in [0.717, 1.165) is 5.56 Å². The van der Waals surface area contributed by atoms with E-state index in [1.54, 1.807) is 55.5 Å². The molecule has 1 aromatic heterocycles. The summed E-state index contributed by atoms with van der Waals surface area (Å²) in [5.41, 5.74) is 1.21. The summed E-state index contributed by atoms with van der Waals surface area (Å²) in [5, 5.41) is 0.587. The molecular weight excluding hydrogens is 460 g/mol. The number of benzene rings is 3. The van der Waals surface area contributed by atoms with Crippen LogP contribution in [0.3, 0.4) is 0 Å². The zero-order valence-electron chi connectivity index (χ0n) is 18.9. The highest BCUT2D eigenvalue weighted by atomic mass is 35.5. The SMILES string of the molecule is COc1ccc(C(=O)Oc2c(-c3ccc(OC)c(OC)c3)oc3cc(C)c(Cl)cc3c2=O)cc1. The Morgan fingerprint density at radius 1 is 0.882 bits per heavy atom. The fourth-order valence-corrected chi connectivity index (χ4v) is 3.60. The lowest BCUT2D eigenvalue weighted by molar-refractivity contribution is 0.0731. The van der Waals surface area contributed by atoms with Crippen molar-refractivity contribution in [3.8, 4) is 34.3 Å². The van der Waals surface area contributed by atoms with E-state index < -0.39 is 11.4 Å². The quantitative estimate of drug-likeness (QED) is 0.329. The summed E-state index contributed by atoms with van der Waals surface area (Å²) >= 11 is 6.24. The van der Waals surface area contributed by atoms with Crippen LogP contribution < -0.4 is 24.4 Å². The number of hydrogen-bond donors (Lipinski definition) is 0. The minimum absolute atomic E-state index is 0.0713. The summed E-state index contributed by atoms with van der Waals surface area (Å²) in [6.07, 6.45) is 0. The molecule has 0 aliphatic rings. The van der Waals surface area contributed by atoms with Crippen molar-refractivity contribution in [1.82, 2.24) is 0 Å². The van der Waals surface area contributed by atoms with Crippen molar-refractivity contribution in [1.29, 1.82) is 0 Å². The van der Waals surface area contributed by atoms with Crippen LogP contribution >= 0.6 is 11.6 Å². The van der Waals surface area contributed by atoms with Crippen molar-refractivity contribution >= 4 is 28.5 Å². The molecule has 0 fully saturated rings. The number of aryl methyl sites for hydroxylation is 1. The molecule has 1 heterocycles. The average Bonchev–Trinajstić information content (AvgIpc) is 2.86. The molecule has 0 radical (unpaired) electrons. The van der Waals surface area contributed by atoms with Crippen LogP contribution in [0.4, 0.5) is 0 Å². The summed E-state index contributed by atoms with van der Waals surface area (Å²) in [5.74, 6) is 0.575. The van der Waals surface area contributed by atoms with Gasteiger partial charge in [-0.3, -0.25) is 4.79 Å². The monoisotopic (exact) mass is 480 g/mol. The molecule has 3 aromatic carbocycles. The molecule has 174 valence electrons. The average molecular weight is 481 g/mol. The molecule has 4 rings (SSSR count). The van der Waals surface area contributed by atoms with Gasteiger partial charge < -0.3 is 23.4 Å². The molecule has 0 amide bonds. The standard InChI is InChI=1S/C26H21ClO7/c1-14-11-21-18(13-19(14)27)23(28)25(34-26(29)15-5-8-17(30-2)9-6-15)24(33-21)16-7-10-20(31-3)22(12-16)32-4/h5-13H,1-4H3. The van der Waals surface area contributed by atoms with Crippen molar-refractivity contribution in [2.75, 3.05) is 21.3 Å². The van der Waals surface area contributed by atoms with E-state index in [4.69, 9.17) is 35.0 Å². The highest BCUT2D eigenvalue weighted by molar-refractivity contribution is 6.32. The number of methoxy groups -OCH3 is 3. The highest BCUT2D eigenvalue weighted by Gasteiger charge is 2.23. The maximum atomic E-state index is 13.5. The van der Waals surface area contributed by atoms with E-state index in [9.17, 15) is 9.59 Å². The van der Waals surface area contributed by atoms with E-state index in [0.29, 0.717) is 33.4 Å². The topological polar surface area (TPSA) is 84.2 Å². The maximum Gasteiger partial charge on any atom is 0.343 e. The van der Waals surface area contributed by atoms with E-state index in [-0.39, 0.29) is 22.5 Å². The summed E-state index contributed by atoms with van der Waals surface area (Å²) in [7, 11) is 4.53. The Kier molecular flexibility index (Phi) is 6.47. The van der Waals surface area contributed by atoms with Crippen LogP contribution in [0, 0.1) is 6.92 Å². The summed E-state index contributed by atoms with van der Waals surface area (Å²) < 4.78 is 27.5. The smallest absolute Gasteiger partial charge is 0.343 e. The van der Waals surface area contributed by atoms with Gasteiger partial charge in [-0.25, -0.2) is 4.79 Å². The Balaban J connectivity index is 1.91. The molecule has 4 aromatic rings. The maximum absolute atomic E-state index is 13.5. The lowest BCUT2D eigenvalue weighted by atomic mass is 10.1. The molecule has 0 saturated heterocycles. The van der Waals surface area contributed by atoms with Gasteiger partial charge in [0.1, 0.15) is 11.3 Å². The van der Waals surface area contributed by atoms with Crippen LogP contribution in [0.25, 0.3) is 22.3 Å². The van der Waals surface area contributed by atoms with Crippen LogP contribution in [0.5, 0.6) is 23.0 Å². The Hall–Kier alpha value is -3.97. The van der Waals surface area contributed by atoms with Crippen LogP contribution in [0.15, 0.2) is 63.8 Å². The molecule has 0 bridgehead atoms. The third-order valence-corrected chi connectivity index (χ3v) is 5.70. The number of esters is 1. The molecule has 34 heavy (non-hydrogen) atoms. The predicted molar refractivity (Wildman–Crippen MR) is 129 cm³/mol. The molecule has 8 heteroatoms. The third-order valence-electron chi connectivity index (χ3n) is 5.30. The Bertz CT molecular complexity index is 1440. The fourth-order valence-electron chi connectivity index (χ4n) is 3.44. The Labute approximate surface area is 200 Å². The van der Waals surface area contributed by atoms with Gasteiger partial charge in [-0.1, -0.05) is 11.6 Å². The van der Waals surface area contributed by atoms with Gasteiger partial charge in [0.25, 0.3) is 0 Å². The van der Waals surface area contributed by atoms with Crippen LogP contribution in [-0.2, 0) is 0 Å². The van der Waals surface area contributed by atoms with Gasteiger partial charge in [0.15, 0.2) is 17.3 Å². The van der Waals surface area contributed by atoms with Gasteiger partial charge in [-0.05, 0) is 67.1 Å². The van der Waals surface area contributed by atoms with Gasteiger partial charge in [0, 0.05) is 10.6 Å². The molecule has 0 saturated carbocycles. The molecule has 0 N–H and O–H groups in total. The van der Waals surface area contributed by atoms with E-state index in [1.165, 1.54) is 27.4 Å². The zero-order chi connectivity index (χ0) is 24.4. The molecule has 0 atom stereocenters. The first-order chi connectivity index (χ1) is 16.4. The zero-order valence-corrected chi connectivity index (χ0v) is 19.7. The first-order valence-electron chi connectivity index (χ1n) is 10.2. The van der Waals surface area contributed by atoms with Gasteiger partial charge in [-0.15, -0.1) is 0 Å². The third kappa shape index (κ3) is 4.30. The van der Waals surface area contributed by atoms with Crippen LogP contribution in [0.1, 0.15) is 15.9 Å². The number of hydrogen-bond acceptors (Lipinski definition) is 7. The van der Waals surface area contributed by atoms with Crippen LogP contribution in [-0.4, -0.2) is 27.3 Å². The number of halogens is 1. The lowest BCUT2D eigenvalue weighted by Crippen LogP contribution is -2.16. The second-order valence-electron chi connectivity index (χ2n) is 7.37. The Morgan fingerprint density at radius 3 is 2.24 bits per heavy atom. The van der Waals surface area contributed by atoms with Crippen molar-refractivity contribution in [3.05, 3.63) is 81.0 Å². The molecule has 0 unspecified atom stereocenters. The van der Waals surface area contributed by atoms with E-state index in [1.807, 2.05) is 0 Å². The summed E-state index contributed by atoms with van der Waals surface area (Å²) in [6.45, 7) is 1.80. The number of fused-ring (bicyclic) bond motifs is 1. The first-order valence-corrected chi connectivity index (χ1v) is 10.6. The number of ether oxygens (including phenoxy) is 4. The molecule has 0 aliphatic heterocycles. The summed E-state index contributed by atoms with van der Waals surface area (Å²) in [4.78, 5) is 26.4. The highest BCUT2D eigenvalue weighted by Crippen LogP contribution is 2.37. The van der Waals surface area contributed by atoms with Crippen LogP contribution in [0.2, 0.25) is 5.02 Å². The second kappa shape index (κ2) is 9.49. The van der Waals surface area contributed by atoms with E-state index in [2.05, 4.69) is 0 Å². The largest absolute Gasteiger partial charge is 0.497 e. The van der Waals surface area contributed by atoms with Crippen molar-refractivity contribution in [2.24, 2.45) is 0 Å². The molecule has 0 aliphatic carbocycles. The van der Waals surface area contributed by atoms with Crippen molar-refractivity contribution in [2.45, 2.75) is 6.92 Å². The lowest BCUT2D eigenvalue weighted by Gasteiger charge is -2.13. The van der Waals surface area contributed by atoms with E-state index >= 15 is 0 Å². The Morgan fingerprint density at radius 2 is 1.59 bits per heavy atom. The minimum Gasteiger partial charge on any atom is -0.497 e. The predicted octanol–water partition coefficient (Wildman–Crippen LogP) is 5.67. The fraction of sp³-hybridized carbons (Fsp3) is 0.154. The van der Waals surface area contributed by atoms with Crippen molar-refractivity contribution in [3.63, 3.8) is 0 Å². The summed E-state index contributed by atoms with van der Waals surface area (Å²) in [6, 6.07) is 14.5. The van der Waals surface area contributed by atoms with Crippen molar-refractivity contribution < 1.29 is 28.2 Å². The van der Waals surface area contributed by atoms with Gasteiger partial charge in [0.2, 0.25) is 11.2 Å². The number of rotatable bonds is 6. The van der Waals surface area contributed by atoms with Gasteiger partial charge in [-0.2, -0.15) is 0 Å². The minimum atomic E-state index is -0.728. The molecule has 7 nitrogen and oxygen atoms in total. The second-order valence-corrected chi connectivity index (χ2v) is 7.78. The van der Waals surface area contributed by atoms with Gasteiger partial charge in [0.05, 0.1) is 32.3 Å². The molecule has 0 spiro atoms. The van der Waals surface area contributed by atoms with Gasteiger partial charge >= 0.3 is 5.97 Å². The normalized spacial score (nSPS) is 10.7. The first kappa shape index (κ1) is 23.2. The number of carbonyl (C=O) groups excluding carboxylic acids is 1.